The van der Waals surface area contributed by atoms with Crippen LogP contribution in [-0.4, -0.2) is 18.2 Å². The number of benzene rings is 2. The lowest BCUT2D eigenvalue weighted by molar-refractivity contribution is -0.136. The normalized spacial score (nSPS) is 16.5. The molecule has 1 heterocycles. The highest BCUT2D eigenvalue weighted by molar-refractivity contribution is 7.80. The Bertz CT molecular complexity index is 832. The Morgan fingerprint density at radius 2 is 1.81 bits per heavy atom. The van der Waals surface area contributed by atoms with Gasteiger partial charge in [0, 0.05) is 5.70 Å². The van der Waals surface area contributed by atoms with Crippen LogP contribution in [0.15, 0.2) is 65.9 Å². The van der Waals surface area contributed by atoms with E-state index in [4.69, 9.17) is 21.7 Å². The predicted octanol–water partition coefficient (Wildman–Crippen LogP) is 3.23. The van der Waals surface area contributed by atoms with Crippen molar-refractivity contribution in [1.82, 2.24) is 10.6 Å². The fourth-order valence-corrected chi connectivity index (χ4v) is 3.09. The van der Waals surface area contributed by atoms with Gasteiger partial charge >= 0.3 is 5.97 Å². The van der Waals surface area contributed by atoms with Crippen LogP contribution in [0.3, 0.4) is 0 Å². The van der Waals surface area contributed by atoms with Crippen molar-refractivity contribution in [1.29, 1.82) is 0 Å². The average molecular weight is 368 g/mol. The monoisotopic (exact) mass is 368 g/mol. The van der Waals surface area contributed by atoms with Crippen molar-refractivity contribution in [2.75, 3.05) is 7.11 Å². The number of esters is 1. The first-order chi connectivity index (χ1) is 12.6. The zero-order valence-electron chi connectivity index (χ0n) is 14.6. The molecule has 2 aromatic rings. The van der Waals surface area contributed by atoms with Gasteiger partial charge in [0.05, 0.1) is 18.7 Å². The van der Waals surface area contributed by atoms with Gasteiger partial charge in [0.15, 0.2) is 5.11 Å². The first-order valence-electron chi connectivity index (χ1n) is 8.22. The Hall–Kier alpha value is -2.86. The van der Waals surface area contributed by atoms with Crippen LogP contribution in [0.25, 0.3) is 0 Å². The fourth-order valence-electron chi connectivity index (χ4n) is 2.82. The quantitative estimate of drug-likeness (QED) is 0.624. The molecule has 1 atom stereocenters. The Balaban J connectivity index is 1.77. The SMILES string of the molecule is COC(=O)C1=C(C)NC(=S)N[C@H]1c1ccc(OCc2ccccc2)cc1. The minimum atomic E-state index is -0.389. The summed E-state index contributed by atoms with van der Waals surface area (Å²) in [5.74, 6) is 0.369. The average Bonchev–Trinajstić information content (AvgIpc) is 2.66. The molecule has 1 aliphatic heterocycles. The van der Waals surface area contributed by atoms with E-state index in [1.807, 2.05) is 61.5 Å². The molecule has 0 amide bonds. The van der Waals surface area contributed by atoms with Gasteiger partial charge in [-0.2, -0.15) is 0 Å². The third kappa shape index (κ3) is 4.03. The topological polar surface area (TPSA) is 59.6 Å². The van der Waals surface area contributed by atoms with E-state index in [0.717, 1.165) is 16.9 Å². The van der Waals surface area contributed by atoms with E-state index in [1.54, 1.807) is 0 Å². The van der Waals surface area contributed by atoms with Crippen LogP contribution < -0.4 is 15.4 Å². The summed E-state index contributed by atoms with van der Waals surface area (Å²) in [6.07, 6.45) is 0. The van der Waals surface area contributed by atoms with Crippen molar-refractivity contribution in [3.63, 3.8) is 0 Å². The third-order valence-corrected chi connectivity index (χ3v) is 4.36. The van der Waals surface area contributed by atoms with Crippen molar-refractivity contribution in [3.05, 3.63) is 77.0 Å². The third-order valence-electron chi connectivity index (χ3n) is 4.14. The molecular weight excluding hydrogens is 348 g/mol. The van der Waals surface area contributed by atoms with Gasteiger partial charge in [0.1, 0.15) is 12.4 Å². The molecule has 2 aromatic carbocycles. The number of carbonyl (C=O) groups is 1. The molecule has 26 heavy (non-hydrogen) atoms. The van der Waals surface area contributed by atoms with Crippen LogP contribution in [-0.2, 0) is 16.1 Å². The number of rotatable bonds is 5. The molecular formula is C20H20N2O3S. The predicted molar refractivity (Wildman–Crippen MR) is 104 cm³/mol. The number of thiocarbonyl (C=S) groups is 1. The molecule has 134 valence electrons. The lowest BCUT2D eigenvalue weighted by Crippen LogP contribution is -2.45. The largest absolute Gasteiger partial charge is 0.489 e. The standard InChI is InChI=1S/C20H20N2O3S/c1-13-17(19(23)24-2)18(22-20(26)21-13)15-8-10-16(11-9-15)25-12-14-6-4-3-5-7-14/h3-11,18H,12H2,1-2H3,(H2,21,22,26)/t18-/m0/s1. The van der Waals surface area contributed by atoms with Crippen LogP contribution in [0, 0.1) is 0 Å². The molecule has 0 spiro atoms. The molecule has 6 heteroatoms. The molecule has 0 fully saturated rings. The maximum Gasteiger partial charge on any atom is 0.337 e. The molecule has 0 aliphatic carbocycles. The molecule has 3 rings (SSSR count). The minimum Gasteiger partial charge on any atom is -0.489 e. The zero-order chi connectivity index (χ0) is 18.5. The second-order valence-electron chi connectivity index (χ2n) is 5.91. The van der Waals surface area contributed by atoms with E-state index in [9.17, 15) is 4.79 Å². The highest BCUT2D eigenvalue weighted by atomic mass is 32.1. The zero-order valence-corrected chi connectivity index (χ0v) is 15.4. The summed E-state index contributed by atoms with van der Waals surface area (Å²) >= 11 is 5.22. The van der Waals surface area contributed by atoms with Gasteiger partial charge in [-0.05, 0) is 42.4 Å². The van der Waals surface area contributed by atoms with Crippen LogP contribution in [0.1, 0.15) is 24.1 Å². The summed E-state index contributed by atoms with van der Waals surface area (Å²) in [5, 5.41) is 6.57. The van der Waals surface area contributed by atoms with Crippen molar-refractivity contribution in [2.24, 2.45) is 0 Å². The Kier molecular flexibility index (Phi) is 5.53. The highest BCUT2D eigenvalue weighted by Gasteiger charge is 2.30. The summed E-state index contributed by atoms with van der Waals surface area (Å²) in [4.78, 5) is 12.2. The summed E-state index contributed by atoms with van der Waals surface area (Å²) in [6, 6.07) is 17.2. The van der Waals surface area contributed by atoms with E-state index in [1.165, 1.54) is 7.11 Å². The van der Waals surface area contributed by atoms with E-state index >= 15 is 0 Å². The van der Waals surface area contributed by atoms with E-state index < -0.39 is 0 Å². The van der Waals surface area contributed by atoms with Crippen molar-refractivity contribution < 1.29 is 14.3 Å². The second kappa shape index (κ2) is 8.01. The first kappa shape index (κ1) is 17.9. The second-order valence-corrected chi connectivity index (χ2v) is 6.31. The molecule has 2 N–H and O–H groups in total. The van der Waals surface area contributed by atoms with E-state index in [0.29, 0.717) is 23.0 Å². The lowest BCUT2D eigenvalue weighted by atomic mass is 9.95. The van der Waals surface area contributed by atoms with Crippen LogP contribution in [0.4, 0.5) is 0 Å². The lowest BCUT2D eigenvalue weighted by Gasteiger charge is -2.29. The molecule has 1 aliphatic rings. The number of ether oxygens (including phenoxy) is 2. The number of allylic oxidation sites excluding steroid dienone is 1. The molecule has 0 saturated carbocycles. The molecule has 0 bridgehead atoms. The summed E-state index contributed by atoms with van der Waals surface area (Å²) < 4.78 is 10.7. The van der Waals surface area contributed by atoms with E-state index in [-0.39, 0.29) is 12.0 Å². The van der Waals surface area contributed by atoms with Gasteiger partial charge < -0.3 is 20.1 Å². The summed E-state index contributed by atoms with van der Waals surface area (Å²) in [6.45, 7) is 2.31. The van der Waals surface area contributed by atoms with Crippen molar-refractivity contribution >= 4 is 23.3 Å². The number of nitrogens with one attached hydrogen (secondary N) is 2. The van der Waals surface area contributed by atoms with Gasteiger partial charge in [-0.25, -0.2) is 4.79 Å². The van der Waals surface area contributed by atoms with E-state index in [2.05, 4.69) is 10.6 Å². The molecule has 0 unspecified atom stereocenters. The molecule has 0 saturated heterocycles. The Morgan fingerprint density at radius 3 is 2.46 bits per heavy atom. The highest BCUT2D eigenvalue weighted by Crippen LogP contribution is 2.28. The van der Waals surface area contributed by atoms with Gasteiger partial charge in [-0.15, -0.1) is 0 Å². The van der Waals surface area contributed by atoms with Gasteiger partial charge in [0.25, 0.3) is 0 Å². The maximum absolute atomic E-state index is 12.2. The number of methoxy groups -OCH3 is 1. The Labute approximate surface area is 158 Å². The number of hydrogen-bond acceptors (Lipinski definition) is 4. The van der Waals surface area contributed by atoms with Crippen molar-refractivity contribution in [3.8, 4) is 5.75 Å². The first-order valence-corrected chi connectivity index (χ1v) is 8.62. The van der Waals surface area contributed by atoms with Crippen LogP contribution in [0.2, 0.25) is 0 Å². The van der Waals surface area contributed by atoms with Crippen molar-refractivity contribution in [2.45, 2.75) is 19.6 Å². The Morgan fingerprint density at radius 1 is 1.12 bits per heavy atom. The number of hydrogen-bond donors (Lipinski definition) is 2. The maximum atomic E-state index is 12.2. The molecule has 0 radical (unpaired) electrons. The van der Waals surface area contributed by atoms with Gasteiger partial charge in [-0.1, -0.05) is 42.5 Å². The smallest absolute Gasteiger partial charge is 0.337 e. The number of carbonyl (C=O) groups excluding carboxylic acids is 1. The molecule has 5 nitrogen and oxygen atoms in total. The minimum absolute atomic E-state index is 0.362. The van der Waals surface area contributed by atoms with Crippen LogP contribution >= 0.6 is 12.2 Å². The van der Waals surface area contributed by atoms with Gasteiger partial charge in [-0.3, -0.25) is 0 Å². The summed E-state index contributed by atoms with van der Waals surface area (Å²) in [7, 11) is 1.37. The fraction of sp³-hybridized carbons (Fsp3) is 0.200. The summed E-state index contributed by atoms with van der Waals surface area (Å²) in [5.41, 5.74) is 3.21. The van der Waals surface area contributed by atoms with Crippen LogP contribution in [0.5, 0.6) is 5.75 Å². The van der Waals surface area contributed by atoms with Gasteiger partial charge in [0.2, 0.25) is 0 Å². The molecule has 0 aromatic heterocycles.